The van der Waals surface area contributed by atoms with Crippen LogP contribution in [0.5, 0.6) is 0 Å². The Kier molecular flexibility index (Phi) is 2.50. The molecule has 19 heavy (non-hydrogen) atoms. The van der Waals surface area contributed by atoms with Crippen molar-refractivity contribution in [2.45, 2.75) is 5.92 Å². The Morgan fingerprint density at radius 1 is 1.21 bits per heavy atom. The molecule has 4 rings (SSSR count). The summed E-state index contributed by atoms with van der Waals surface area (Å²) in [4.78, 5) is 4.75. The quantitative estimate of drug-likeness (QED) is 0.712. The molecule has 94 valence electrons. The van der Waals surface area contributed by atoms with E-state index in [-0.39, 0.29) is 0 Å². The molecule has 1 unspecified atom stereocenters. The standard InChI is InChI=1S/C15H11ClN2S/c16-9-5-6-14-13(7-9)18-15(19-14)11-8-17-12-4-2-1-3-10(11)12/h1-7,11,17H,8H2. The van der Waals surface area contributed by atoms with Crippen molar-refractivity contribution >= 4 is 38.8 Å². The van der Waals surface area contributed by atoms with Crippen LogP contribution in [0.25, 0.3) is 10.2 Å². The molecule has 2 aromatic carbocycles. The summed E-state index contributed by atoms with van der Waals surface area (Å²) in [5.74, 6) is 0.354. The number of hydrogen-bond acceptors (Lipinski definition) is 3. The van der Waals surface area contributed by atoms with Gasteiger partial charge in [-0.25, -0.2) is 4.98 Å². The zero-order chi connectivity index (χ0) is 12.8. The first kappa shape index (κ1) is 11.3. The maximum Gasteiger partial charge on any atom is 0.103 e. The number of halogens is 1. The SMILES string of the molecule is Clc1ccc2sc(C3CNc4ccccc43)nc2c1. The second kappa shape index (κ2) is 4.22. The Labute approximate surface area is 120 Å². The fourth-order valence-electron chi connectivity index (χ4n) is 2.57. The summed E-state index contributed by atoms with van der Waals surface area (Å²) in [6, 6.07) is 14.4. The number of nitrogens with zero attached hydrogens (tertiary/aromatic N) is 1. The van der Waals surface area contributed by atoms with Gasteiger partial charge in [-0.15, -0.1) is 11.3 Å². The third kappa shape index (κ3) is 1.81. The lowest BCUT2D eigenvalue weighted by atomic mass is 10.0. The lowest BCUT2D eigenvalue weighted by molar-refractivity contribution is 0.896. The molecular formula is C15H11ClN2S. The third-order valence-corrected chi connectivity index (χ3v) is 4.88. The zero-order valence-electron chi connectivity index (χ0n) is 10.1. The van der Waals surface area contributed by atoms with E-state index >= 15 is 0 Å². The highest BCUT2D eigenvalue weighted by Crippen LogP contribution is 2.39. The molecule has 0 aliphatic carbocycles. The molecule has 0 fully saturated rings. The van der Waals surface area contributed by atoms with Crippen molar-refractivity contribution in [3.63, 3.8) is 0 Å². The molecule has 0 radical (unpaired) electrons. The third-order valence-electron chi connectivity index (χ3n) is 3.50. The van der Waals surface area contributed by atoms with Crippen LogP contribution in [0.3, 0.4) is 0 Å². The predicted molar refractivity (Wildman–Crippen MR) is 81.4 cm³/mol. The van der Waals surface area contributed by atoms with Gasteiger partial charge in [-0.2, -0.15) is 0 Å². The van der Waals surface area contributed by atoms with E-state index in [0.29, 0.717) is 5.92 Å². The molecule has 3 aromatic rings. The van der Waals surface area contributed by atoms with Gasteiger partial charge in [0, 0.05) is 17.3 Å². The Morgan fingerprint density at radius 3 is 3.05 bits per heavy atom. The number of anilines is 1. The summed E-state index contributed by atoms with van der Waals surface area (Å²) in [5, 5.41) is 5.35. The Hall–Kier alpha value is -1.58. The molecule has 2 nitrogen and oxygen atoms in total. The molecule has 1 atom stereocenters. The Bertz CT molecular complexity index is 766. The first-order valence-corrected chi connectivity index (χ1v) is 7.39. The molecule has 1 aromatic heterocycles. The van der Waals surface area contributed by atoms with E-state index in [4.69, 9.17) is 16.6 Å². The summed E-state index contributed by atoms with van der Waals surface area (Å²) >= 11 is 7.78. The van der Waals surface area contributed by atoms with Crippen LogP contribution >= 0.6 is 22.9 Å². The molecule has 0 bridgehead atoms. The fourth-order valence-corrected chi connectivity index (χ4v) is 3.81. The van der Waals surface area contributed by atoms with Crippen molar-refractivity contribution in [1.82, 2.24) is 4.98 Å². The number of fused-ring (bicyclic) bond motifs is 2. The summed E-state index contributed by atoms with van der Waals surface area (Å²) in [7, 11) is 0. The van der Waals surface area contributed by atoms with Gasteiger partial charge in [0.1, 0.15) is 5.01 Å². The van der Waals surface area contributed by atoms with Gasteiger partial charge < -0.3 is 5.32 Å². The van der Waals surface area contributed by atoms with Gasteiger partial charge in [0.15, 0.2) is 0 Å². The van der Waals surface area contributed by atoms with Gasteiger partial charge in [-0.3, -0.25) is 0 Å². The summed E-state index contributed by atoms with van der Waals surface area (Å²) in [6.07, 6.45) is 0. The largest absolute Gasteiger partial charge is 0.384 e. The highest BCUT2D eigenvalue weighted by molar-refractivity contribution is 7.18. The lowest BCUT2D eigenvalue weighted by Crippen LogP contribution is -2.02. The van der Waals surface area contributed by atoms with Crippen LogP contribution in [-0.4, -0.2) is 11.5 Å². The van der Waals surface area contributed by atoms with Crippen LogP contribution in [0.15, 0.2) is 42.5 Å². The zero-order valence-corrected chi connectivity index (χ0v) is 11.6. The van der Waals surface area contributed by atoms with E-state index in [9.17, 15) is 0 Å². The highest BCUT2D eigenvalue weighted by atomic mass is 35.5. The van der Waals surface area contributed by atoms with Gasteiger partial charge in [-0.05, 0) is 29.8 Å². The van der Waals surface area contributed by atoms with Gasteiger partial charge >= 0.3 is 0 Å². The maximum absolute atomic E-state index is 6.02. The molecule has 1 N–H and O–H groups in total. The minimum absolute atomic E-state index is 0.354. The van der Waals surface area contributed by atoms with Crippen LogP contribution in [0.2, 0.25) is 5.02 Å². The van der Waals surface area contributed by atoms with Crippen molar-refractivity contribution in [3.8, 4) is 0 Å². The molecule has 2 heterocycles. The normalized spacial score (nSPS) is 17.4. The van der Waals surface area contributed by atoms with Crippen LogP contribution in [0, 0.1) is 0 Å². The van der Waals surface area contributed by atoms with E-state index in [2.05, 4.69) is 29.6 Å². The monoisotopic (exact) mass is 286 g/mol. The Balaban J connectivity index is 1.83. The predicted octanol–water partition coefficient (Wildman–Crippen LogP) is 4.51. The van der Waals surface area contributed by atoms with Crippen LogP contribution < -0.4 is 5.32 Å². The molecule has 1 aliphatic heterocycles. The van der Waals surface area contributed by atoms with Gasteiger partial charge in [0.25, 0.3) is 0 Å². The van der Waals surface area contributed by atoms with E-state index in [0.717, 1.165) is 22.1 Å². The van der Waals surface area contributed by atoms with Crippen molar-refractivity contribution in [2.24, 2.45) is 0 Å². The van der Waals surface area contributed by atoms with Crippen LogP contribution in [-0.2, 0) is 0 Å². The number of hydrogen-bond donors (Lipinski definition) is 1. The maximum atomic E-state index is 6.02. The molecule has 0 saturated heterocycles. The highest BCUT2D eigenvalue weighted by Gasteiger charge is 2.25. The summed E-state index contributed by atoms with van der Waals surface area (Å²) < 4.78 is 1.20. The van der Waals surface area contributed by atoms with Crippen molar-refractivity contribution < 1.29 is 0 Å². The molecular weight excluding hydrogens is 276 g/mol. The molecule has 0 spiro atoms. The van der Waals surface area contributed by atoms with Crippen LogP contribution in [0.4, 0.5) is 5.69 Å². The van der Waals surface area contributed by atoms with Crippen LogP contribution in [0.1, 0.15) is 16.5 Å². The second-order valence-electron chi connectivity index (χ2n) is 4.68. The first-order valence-electron chi connectivity index (χ1n) is 6.20. The molecule has 0 amide bonds. The number of thiazole rings is 1. The average molecular weight is 287 g/mol. The minimum atomic E-state index is 0.354. The molecule has 1 aliphatic rings. The van der Waals surface area contributed by atoms with Crippen molar-refractivity contribution in [3.05, 3.63) is 58.1 Å². The Morgan fingerprint density at radius 2 is 2.11 bits per heavy atom. The van der Waals surface area contributed by atoms with Gasteiger partial charge in [0.05, 0.1) is 16.1 Å². The van der Waals surface area contributed by atoms with E-state index in [1.807, 2.05) is 18.2 Å². The number of benzene rings is 2. The summed E-state index contributed by atoms with van der Waals surface area (Å²) in [6.45, 7) is 0.924. The topological polar surface area (TPSA) is 24.9 Å². The van der Waals surface area contributed by atoms with E-state index in [1.54, 1.807) is 11.3 Å². The number of aromatic nitrogens is 1. The van der Waals surface area contributed by atoms with E-state index in [1.165, 1.54) is 16.0 Å². The van der Waals surface area contributed by atoms with Crippen molar-refractivity contribution in [1.29, 1.82) is 0 Å². The smallest absolute Gasteiger partial charge is 0.103 e. The fraction of sp³-hybridized carbons (Fsp3) is 0.133. The summed E-state index contributed by atoms with van der Waals surface area (Å²) in [5.41, 5.74) is 3.56. The average Bonchev–Trinajstić information content (AvgIpc) is 3.00. The van der Waals surface area contributed by atoms with Gasteiger partial charge in [0.2, 0.25) is 0 Å². The molecule has 0 saturated carbocycles. The number of para-hydroxylation sites is 1. The lowest BCUT2D eigenvalue weighted by Gasteiger charge is -2.05. The van der Waals surface area contributed by atoms with E-state index < -0.39 is 0 Å². The minimum Gasteiger partial charge on any atom is -0.384 e. The first-order chi connectivity index (χ1) is 9.31. The van der Waals surface area contributed by atoms with Crippen molar-refractivity contribution in [2.75, 3.05) is 11.9 Å². The second-order valence-corrected chi connectivity index (χ2v) is 6.18. The number of rotatable bonds is 1. The number of nitrogens with one attached hydrogen (secondary N) is 1. The molecule has 4 heteroatoms. The van der Waals surface area contributed by atoms with Gasteiger partial charge in [-0.1, -0.05) is 29.8 Å².